The molecule has 4 rings (SSSR count). The average Bonchev–Trinajstić information content (AvgIpc) is 3.38. The third kappa shape index (κ3) is 3.87. The number of sulfone groups is 1. The van der Waals surface area contributed by atoms with Crippen LogP contribution in [-0.4, -0.2) is 56.6 Å². The minimum Gasteiger partial charge on any atom is -0.497 e. The predicted molar refractivity (Wildman–Crippen MR) is 111 cm³/mol. The minimum atomic E-state index is -3.38. The summed E-state index contributed by atoms with van der Waals surface area (Å²) in [5.74, 6) is 5.08. The SMILES string of the molecule is COc1ccc2c(c1)C(=O)N(C[C@@]1(C#Cc3ccc(S(C)(=O)=O)s3)NC(=O)NC1=O)C2. The van der Waals surface area contributed by atoms with E-state index in [1.54, 1.807) is 18.2 Å². The first-order valence-corrected chi connectivity index (χ1v) is 11.7. The van der Waals surface area contributed by atoms with Crippen LogP contribution < -0.4 is 15.4 Å². The molecule has 0 aliphatic carbocycles. The molecule has 9 nitrogen and oxygen atoms in total. The van der Waals surface area contributed by atoms with E-state index in [0.29, 0.717) is 16.2 Å². The Hall–Kier alpha value is -3.36. The fourth-order valence-corrected chi connectivity index (χ4v) is 5.15. The zero-order chi connectivity index (χ0) is 22.4. The monoisotopic (exact) mass is 459 g/mol. The summed E-state index contributed by atoms with van der Waals surface area (Å²) < 4.78 is 28.7. The van der Waals surface area contributed by atoms with Gasteiger partial charge in [0.15, 0.2) is 9.84 Å². The summed E-state index contributed by atoms with van der Waals surface area (Å²) in [4.78, 5) is 39.2. The van der Waals surface area contributed by atoms with Gasteiger partial charge in [0.2, 0.25) is 5.54 Å². The number of fused-ring (bicyclic) bond motifs is 1. The second-order valence-electron chi connectivity index (χ2n) is 7.14. The van der Waals surface area contributed by atoms with Crippen LogP contribution in [0.1, 0.15) is 20.8 Å². The number of nitrogens with zero attached hydrogens (tertiary/aromatic N) is 1. The van der Waals surface area contributed by atoms with Gasteiger partial charge in [-0.1, -0.05) is 17.9 Å². The molecule has 1 atom stereocenters. The normalized spacial score (nSPS) is 20.1. The Morgan fingerprint density at radius 2 is 2.00 bits per heavy atom. The Kier molecular flexibility index (Phi) is 4.99. The predicted octanol–water partition coefficient (Wildman–Crippen LogP) is 0.746. The van der Waals surface area contributed by atoms with Gasteiger partial charge in [-0.15, -0.1) is 11.3 Å². The number of thiophene rings is 1. The van der Waals surface area contributed by atoms with E-state index in [0.717, 1.165) is 23.2 Å². The van der Waals surface area contributed by atoms with Crippen LogP contribution >= 0.6 is 11.3 Å². The van der Waals surface area contributed by atoms with E-state index in [1.165, 1.54) is 24.1 Å². The fraction of sp³-hybridized carbons (Fsp3) is 0.250. The van der Waals surface area contributed by atoms with E-state index >= 15 is 0 Å². The molecule has 0 spiro atoms. The highest BCUT2D eigenvalue weighted by molar-refractivity contribution is 7.92. The molecular formula is C20H17N3O6S2. The Bertz CT molecular complexity index is 1290. The summed E-state index contributed by atoms with van der Waals surface area (Å²) in [5.41, 5.74) is -0.424. The molecule has 2 aromatic rings. The van der Waals surface area contributed by atoms with Crippen LogP contribution in [0.4, 0.5) is 4.79 Å². The van der Waals surface area contributed by atoms with Crippen molar-refractivity contribution in [2.24, 2.45) is 0 Å². The number of hydrogen-bond acceptors (Lipinski definition) is 7. The van der Waals surface area contributed by atoms with Crippen molar-refractivity contribution in [1.82, 2.24) is 15.5 Å². The number of carbonyl (C=O) groups is 3. The standard InChI is InChI=1S/C20H17N3O6S2/c1-29-13-4-3-12-10-23(17(24)15(12)9-13)11-20(18(25)21-19(26)22-20)8-7-14-5-6-16(30-14)31(2,27)28/h3-6,9H,10-11H2,1-2H3,(H2,21,22,25,26)/t20-/m1/s1. The Balaban J connectivity index is 1.65. The third-order valence-corrected chi connectivity index (χ3v) is 7.73. The van der Waals surface area contributed by atoms with Crippen molar-refractivity contribution in [1.29, 1.82) is 0 Å². The van der Waals surface area contributed by atoms with Crippen molar-refractivity contribution in [3.8, 4) is 17.6 Å². The van der Waals surface area contributed by atoms with Crippen LogP contribution in [0.2, 0.25) is 0 Å². The Morgan fingerprint density at radius 1 is 1.23 bits per heavy atom. The van der Waals surface area contributed by atoms with Crippen molar-refractivity contribution >= 4 is 39.0 Å². The summed E-state index contributed by atoms with van der Waals surface area (Å²) >= 11 is 0.961. The first kappa shape index (κ1) is 20.9. The zero-order valence-corrected chi connectivity index (χ0v) is 18.1. The van der Waals surface area contributed by atoms with Gasteiger partial charge in [-0.3, -0.25) is 14.9 Å². The second-order valence-corrected chi connectivity index (χ2v) is 10.5. The lowest BCUT2D eigenvalue weighted by Crippen LogP contribution is -2.54. The molecule has 0 unspecified atom stereocenters. The maximum atomic E-state index is 12.9. The van der Waals surface area contributed by atoms with Crippen molar-refractivity contribution in [2.45, 2.75) is 16.3 Å². The van der Waals surface area contributed by atoms with Crippen LogP contribution in [0.5, 0.6) is 5.75 Å². The number of benzene rings is 1. The number of ether oxygens (including phenoxy) is 1. The number of urea groups is 1. The Labute approximate surface area is 182 Å². The van der Waals surface area contributed by atoms with Gasteiger partial charge in [-0.25, -0.2) is 13.2 Å². The summed E-state index contributed by atoms with van der Waals surface area (Å²) in [5, 5.41) is 4.68. The zero-order valence-electron chi connectivity index (χ0n) is 16.5. The summed E-state index contributed by atoms with van der Waals surface area (Å²) in [6, 6.07) is 7.38. The molecule has 1 aromatic carbocycles. The number of carbonyl (C=O) groups excluding carboxylic acids is 3. The van der Waals surface area contributed by atoms with Crippen LogP contribution in [0.25, 0.3) is 0 Å². The van der Waals surface area contributed by atoms with Crippen LogP contribution in [0, 0.1) is 11.8 Å². The van der Waals surface area contributed by atoms with Crippen LogP contribution in [0.15, 0.2) is 34.5 Å². The van der Waals surface area contributed by atoms with Gasteiger partial charge in [-0.2, -0.15) is 0 Å². The first-order valence-electron chi connectivity index (χ1n) is 9.04. The first-order chi connectivity index (χ1) is 14.6. The van der Waals surface area contributed by atoms with Gasteiger partial charge >= 0.3 is 6.03 Å². The van der Waals surface area contributed by atoms with E-state index < -0.39 is 27.3 Å². The number of amides is 4. The highest BCUT2D eigenvalue weighted by Gasteiger charge is 2.48. The molecule has 2 N–H and O–H groups in total. The van der Waals surface area contributed by atoms with Gasteiger partial charge in [0.05, 0.1) is 18.5 Å². The van der Waals surface area contributed by atoms with Crippen molar-refractivity contribution in [3.63, 3.8) is 0 Å². The smallest absolute Gasteiger partial charge is 0.323 e. The molecule has 4 amide bonds. The molecule has 1 fully saturated rings. The van der Waals surface area contributed by atoms with Gasteiger partial charge in [0, 0.05) is 18.4 Å². The van der Waals surface area contributed by atoms with E-state index in [-0.39, 0.29) is 23.2 Å². The van der Waals surface area contributed by atoms with Crippen LogP contribution in [0.3, 0.4) is 0 Å². The molecule has 0 radical (unpaired) electrons. The molecule has 1 saturated heterocycles. The maximum Gasteiger partial charge on any atom is 0.323 e. The molecule has 0 bridgehead atoms. The minimum absolute atomic E-state index is 0.143. The topological polar surface area (TPSA) is 122 Å². The second kappa shape index (κ2) is 7.40. The average molecular weight is 460 g/mol. The lowest BCUT2D eigenvalue weighted by Gasteiger charge is -2.26. The van der Waals surface area contributed by atoms with E-state index in [9.17, 15) is 22.8 Å². The third-order valence-electron chi connectivity index (χ3n) is 4.91. The number of imide groups is 1. The number of hydrogen-bond donors (Lipinski definition) is 2. The quantitative estimate of drug-likeness (QED) is 0.514. The molecule has 1 aromatic heterocycles. The van der Waals surface area contributed by atoms with Crippen molar-refractivity contribution in [2.75, 3.05) is 19.9 Å². The van der Waals surface area contributed by atoms with Crippen LogP contribution in [-0.2, 0) is 21.2 Å². The molecule has 0 saturated carbocycles. The Morgan fingerprint density at radius 3 is 2.61 bits per heavy atom. The number of rotatable bonds is 4. The molecule has 2 aliphatic heterocycles. The molecule has 3 heterocycles. The van der Waals surface area contributed by atoms with Crippen molar-refractivity contribution in [3.05, 3.63) is 46.3 Å². The summed E-state index contributed by atoms with van der Waals surface area (Å²) in [6.45, 7) is 0.0830. The highest BCUT2D eigenvalue weighted by atomic mass is 32.2. The fourth-order valence-electron chi connectivity index (χ4n) is 3.37. The lowest BCUT2D eigenvalue weighted by atomic mass is 9.99. The highest BCUT2D eigenvalue weighted by Crippen LogP contribution is 2.28. The molecule has 31 heavy (non-hydrogen) atoms. The molecular weight excluding hydrogens is 442 g/mol. The van der Waals surface area contributed by atoms with Gasteiger partial charge in [0.25, 0.3) is 11.8 Å². The van der Waals surface area contributed by atoms with Gasteiger partial charge < -0.3 is 15.0 Å². The maximum absolute atomic E-state index is 12.9. The summed E-state index contributed by atoms with van der Waals surface area (Å²) in [6.07, 6.45) is 1.09. The van der Waals surface area contributed by atoms with Crippen molar-refractivity contribution < 1.29 is 27.5 Å². The molecule has 2 aliphatic rings. The largest absolute Gasteiger partial charge is 0.497 e. The molecule has 160 valence electrons. The van der Waals surface area contributed by atoms with E-state index in [1.807, 2.05) is 0 Å². The van der Waals surface area contributed by atoms with Gasteiger partial charge in [0.1, 0.15) is 9.96 Å². The van der Waals surface area contributed by atoms with Gasteiger partial charge in [-0.05, 0) is 29.8 Å². The van der Waals surface area contributed by atoms with E-state index in [2.05, 4.69) is 22.5 Å². The number of methoxy groups -OCH3 is 1. The lowest BCUT2D eigenvalue weighted by molar-refractivity contribution is -0.122. The van der Waals surface area contributed by atoms with E-state index in [4.69, 9.17) is 4.74 Å². The number of nitrogens with one attached hydrogen (secondary N) is 2. The summed E-state index contributed by atoms with van der Waals surface area (Å²) in [7, 11) is -1.88. The molecule has 11 heteroatoms.